The zero-order valence-corrected chi connectivity index (χ0v) is 39.0. The van der Waals surface area contributed by atoms with Crippen LogP contribution in [0.5, 0.6) is 0 Å². The van der Waals surface area contributed by atoms with Gasteiger partial charge in [0.25, 0.3) is 14.0 Å². The third kappa shape index (κ3) is 9.32. The molecular weight excluding hydrogens is 855 g/mol. The number of nitrogens with two attached hydrogens (primary N) is 1. The van der Waals surface area contributed by atoms with Gasteiger partial charge in [-0.2, -0.15) is 4.31 Å². The van der Waals surface area contributed by atoms with Crippen LogP contribution < -0.4 is 16.1 Å². The number of para-hydroxylation sites is 1. The number of nitro groups is 1. The fourth-order valence-corrected chi connectivity index (χ4v) is 16.2. The Morgan fingerprint density at radius 2 is 1.62 bits per heavy atom. The van der Waals surface area contributed by atoms with Crippen LogP contribution in [0, 0.1) is 39.2 Å². The zero-order chi connectivity index (χ0) is 46.3. The molecule has 0 unspecified atom stereocenters. The highest BCUT2D eigenvalue weighted by Gasteiger charge is 2.77. The third-order valence-electron chi connectivity index (χ3n) is 13.1. The molecule has 342 valence electrons. The van der Waals surface area contributed by atoms with Crippen LogP contribution in [0.4, 0.5) is 10.5 Å². The Balaban J connectivity index is 1.56. The predicted molar refractivity (Wildman–Crippen MR) is 243 cm³/mol. The molecule has 3 aliphatic heterocycles. The molecule has 3 aromatic rings. The summed E-state index contributed by atoms with van der Waals surface area (Å²) >= 11 is 0. The van der Waals surface area contributed by atoms with Crippen LogP contribution in [0.3, 0.4) is 0 Å². The van der Waals surface area contributed by atoms with Crippen molar-refractivity contribution in [3.63, 3.8) is 0 Å². The van der Waals surface area contributed by atoms with Gasteiger partial charge in [-0.3, -0.25) is 19.7 Å². The maximum atomic E-state index is 15.6. The van der Waals surface area contributed by atoms with E-state index in [1.165, 1.54) is 29.6 Å². The first-order chi connectivity index (χ1) is 30.5. The normalized spacial score (nSPS) is 24.9. The SMILES string of the molecule is CC[C@@H](/C=C/C[C@@]1(C(=O)OC)C(=O)[C@]23CCC#CCCCCN(S(=O)(=O)c4ccccc4[N+](=O)[O-])CC[C@H]1[C@@H](CO[Si](c1ccccc1)(c1ccccc1)C(C)(C)C)[C@@H]2O3)OC(N)=O. The highest BCUT2D eigenvalue weighted by atomic mass is 32.2. The van der Waals surface area contributed by atoms with E-state index in [0.29, 0.717) is 32.1 Å². The van der Waals surface area contributed by atoms with Crippen molar-refractivity contribution in [3.05, 3.63) is 107 Å². The Kier molecular flexibility index (Phi) is 15.0. The Hall–Kier alpha value is -5.18. The number of ketones is 1. The number of sulfonamides is 1. The summed E-state index contributed by atoms with van der Waals surface area (Å²) in [7, 11) is -6.55. The number of nitrogens with zero attached hydrogens (tertiary/aromatic N) is 2. The van der Waals surface area contributed by atoms with Gasteiger partial charge in [-0.25, -0.2) is 13.2 Å². The fourth-order valence-electron chi connectivity index (χ4n) is 9.99. The molecule has 16 heteroatoms. The van der Waals surface area contributed by atoms with Gasteiger partial charge in [0.15, 0.2) is 16.3 Å². The van der Waals surface area contributed by atoms with Crippen LogP contribution in [-0.2, 0) is 38.2 Å². The number of carbonyl (C=O) groups excluding carboxylic acids is 3. The number of rotatable bonds is 14. The fraction of sp³-hybridized carbons (Fsp3) is 0.479. The van der Waals surface area contributed by atoms with Crippen molar-refractivity contribution in [1.82, 2.24) is 4.31 Å². The number of Topliss-reactive ketones (excluding diaryl/α,β-unsaturated/α-hetero) is 1. The molecule has 2 bridgehead atoms. The highest BCUT2D eigenvalue weighted by molar-refractivity contribution is 7.89. The molecule has 2 fully saturated rings. The quantitative estimate of drug-likeness (QED) is 0.0273. The van der Waals surface area contributed by atoms with Gasteiger partial charge < -0.3 is 24.4 Å². The summed E-state index contributed by atoms with van der Waals surface area (Å²) in [6, 6.07) is 25.3. The van der Waals surface area contributed by atoms with E-state index >= 15 is 4.79 Å². The molecular formula is C48H59N3O11SSi. The summed E-state index contributed by atoms with van der Waals surface area (Å²) in [6.07, 6.45) is 2.73. The lowest BCUT2D eigenvalue weighted by Gasteiger charge is -2.48. The van der Waals surface area contributed by atoms with Crippen LogP contribution in [0.25, 0.3) is 0 Å². The number of ether oxygens (including phenoxy) is 3. The number of nitro benzene ring substituents is 1. The maximum Gasteiger partial charge on any atom is 0.405 e. The van der Waals surface area contributed by atoms with Crippen molar-refractivity contribution in [3.8, 4) is 11.8 Å². The Morgan fingerprint density at radius 1 is 1.00 bits per heavy atom. The summed E-state index contributed by atoms with van der Waals surface area (Å²) in [5, 5.41) is 13.8. The van der Waals surface area contributed by atoms with E-state index in [1.54, 1.807) is 19.1 Å². The lowest BCUT2D eigenvalue weighted by Crippen LogP contribution is -2.68. The minimum atomic E-state index is -4.51. The van der Waals surface area contributed by atoms with E-state index in [9.17, 15) is 28.1 Å². The number of primary amides is 1. The Morgan fingerprint density at radius 3 is 2.22 bits per heavy atom. The number of hydrogen-bond acceptors (Lipinski definition) is 11. The van der Waals surface area contributed by atoms with Crippen LogP contribution in [0.15, 0.2) is 102 Å². The number of amides is 1. The number of allylic oxidation sites excluding steroid dienone is 1. The van der Waals surface area contributed by atoms with E-state index < -0.39 is 91.8 Å². The van der Waals surface area contributed by atoms with E-state index in [4.69, 9.17) is 24.4 Å². The van der Waals surface area contributed by atoms with E-state index in [1.807, 2.05) is 36.4 Å². The molecule has 0 radical (unpaired) electrons. The van der Waals surface area contributed by atoms with Gasteiger partial charge in [0.05, 0.1) is 12.0 Å². The van der Waals surface area contributed by atoms with Crippen LogP contribution >= 0.6 is 0 Å². The molecule has 1 spiro atoms. The van der Waals surface area contributed by atoms with E-state index in [-0.39, 0.29) is 39.0 Å². The van der Waals surface area contributed by atoms with Gasteiger partial charge in [0.2, 0.25) is 10.0 Å². The molecule has 64 heavy (non-hydrogen) atoms. The lowest BCUT2D eigenvalue weighted by molar-refractivity contribution is -0.387. The van der Waals surface area contributed by atoms with Crippen LogP contribution in [0.2, 0.25) is 5.04 Å². The van der Waals surface area contributed by atoms with Crippen LogP contribution in [0.1, 0.15) is 79.1 Å². The van der Waals surface area contributed by atoms with Gasteiger partial charge in [-0.05, 0) is 72.0 Å². The van der Waals surface area contributed by atoms with Gasteiger partial charge in [-0.1, -0.05) is 107 Å². The molecule has 4 aliphatic rings. The van der Waals surface area contributed by atoms with Gasteiger partial charge in [0.1, 0.15) is 17.6 Å². The number of benzene rings is 3. The lowest BCUT2D eigenvalue weighted by atomic mass is 9.55. The minimum absolute atomic E-state index is 0.00239. The first-order valence-corrected chi connectivity index (χ1v) is 25.2. The standard InChI is InChI=1S/C48H59N3O11SSi/c1-6-35(61-45(49)54)22-21-30-47(44(53)59-5)39-29-33-50(63(57,58)41-28-18-17-27-40(41)51(55)56)32-20-10-8-7-9-19-31-48(43(47)52)42(62-48)38(39)34-60-64(46(2,3)4,36-23-13-11-14-24-36)37-25-15-12-16-26-37/h11-18,21-28,35,38-39,42H,6,8,10,19-20,29-34H2,1-5H3,(H2,49,54)/b22-21+/t35-,38+,39-,42-,47-,48-/m0/s1. The smallest absolute Gasteiger partial charge is 0.405 e. The highest BCUT2D eigenvalue weighted by Crippen LogP contribution is 2.62. The molecule has 3 heterocycles. The predicted octanol–water partition coefficient (Wildman–Crippen LogP) is 6.45. The number of esters is 1. The maximum absolute atomic E-state index is 15.6. The van der Waals surface area contributed by atoms with Gasteiger partial charge in [0, 0.05) is 44.5 Å². The molecule has 0 aromatic heterocycles. The van der Waals surface area contributed by atoms with E-state index in [2.05, 4.69) is 56.9 Å². The summed E-state index contributed by atoms with van der Waals surface area (Å²) < 4.78 is 55.6. The molecule has 1 saturated heterocycles. The average Bonchev–Trinajstić information content (AvgIpc) is 4.02. The molecule has 1 saturated carbocycles. The summed E-state index contributed by atoms with van der Waals surface area (Å²) in [6.45, 7) is 8.03. The van der Waals surface area contributed by atoms with E-state index in [0.717, 1.165) is 16.4 Å². The summed E-state index contributed by atoms with van der Waals surface area (Å²) in [5.41, 5.74) is 1.42. The largest absolute Gasteiger partial charge is 0.468 e. The molecule has 1 aliphatic carbocycles. The second kappa shape index (κ2) is 19.9. The van der Waals surface area contributed by atoms with Gasteiger partial charge in [-0.15, -0.1) is 11.8 Å². The van der Waals surface area contributed by atoms with Crippen molar-refractivity contribution < 1.29 is 46.4 Å². The molecule has 6 atom stereocenters. The van der Waals surface area contributed by atoms with Crippen LogP contribution in [-0.4, -0.2) is 88.4 Å². The third-order valence-corrected chi connectivity index (χ3v) is 20.0. The number of methoxy groups -OCH3 is 1. The monoisotopic (exact) mass is 913 g/mol. The molecule has 7 rings (SSSR count). The van der Waals surface area contributed by atoms with Gasteiger partial charge >= 0.3 is 12.1 Å². The minimum Gasteiger partial charge on any atom is -0.468 e. The number of epoxide rings is 1. The first kappa shape index (κ1) is 48.3. The first-order valence-electron chi connectivity index (χ1n) is 21.9. The Labute approximate surface area is 377 Å². The topological polar surface area (TPSA) is 198 Å². The number of hydrogen-bond donors (Lipinski definition) is 1. The van der Waals surface area contributed by atoms with Crippen molar-refractivity contribution in [1.29, 1.82) is 0 Å². The zero-order valence-electron chi connectivity index (χ0n) is 37.2. The second-order valence-corrected chi connectivity index (χ2v) is 23.9. The molecule has 3 aromatic carbocycles. The Bertz CT molecular complexity index is 2340. The number of carbonyl (C=O) groups is 3. The molecule has 14 nitrogen and oxygen atoms in total. The molecule has 1 amide bonds. The average molecular weight is 914 g/mol. The van der Waals surface area contributed by atoms with Crippen molar-refractivity contribution >= 4 is 52.2 Å². The van der Waals surface area contributed by atoms with Crippen molar-refractivity contribution in [2.45, 2.75) is 107 Å². The van der Waals surface area contributed by atoms with Crippen molar-refractivity contribution in [2.75, 3.05) is 26.8 Å². The van der Waals surface area contributed by atoms with Crippen molar-refractivity contribution in [2.24, 2.45) is 23.0 Å². The molecule has 2 N–H and O–H groups in total. The summed E-state index contributed by atoms with van der Waals surface area (Å²) in [5.74, 6) is 3.38. The summed E-state index contributed by atoms with van der Waals surface area (Å²) in [4.78, 5) is 53.2. The number of fused-ring (bicyclic) bond motifs is 10. The second-order valence-electron chi connectivity index (χ2n) is 17.7.